The van der Waals surface area contributed by atoms with Gasteiger partial charge in [-0.1, -0.05) is 6.42 Å². The van der Waals surface area contributed by atoms with Gasteiger partial charge in [0.15, 0.2) is 6.04 Å². The summed E-state index contributed by atoms with van der Waals surface area (Å²) in [6, 6.07) is -1.03. The van der Waals surface area contributed by atoms with E-state index in [9.17, 15) is 14.7 Å². The predicted octanol–water partition coefficient (Wildman–Crippen LogP) is 0.180. The monoisotopic (exact) mass is 280 g/mol. The number of nitrogens with zero attached hydrogens (tertiary/aromatic N) is 2. The van der Waals surface area contributed by atoms with Gasteiger partial charge in [-0.3, -0.25) is 9.48 Å². The van der Waals surface area contributed by atoms with Crippen molar-refractivity contribution in [3.05, 3.63) is 18.0 Å². The van der Waals surface area contributed by atoms with Crippen LogP contribution in [0.2, 0.25) is 0 Å². The first-order valence-corrected chi connectivity index (χ1v) is 6.74. The van der Waals surface area contributed by atoms with Gasteiger partial charge in [-0.2, -0.15) is 5.10 Å². The molecule has 3 atom stereocenters. The number of nitrogens with one attached hydrogen (secondary N) is 1. The molecule has 110 valence electrons. The lowest BCUT2D eigenvalue weighted by molar-refractivity contribution is -0.142. The number of carboxylic acids is 1. The average Bonchev–Trinajstić information content (AvgIpc) is 2.81. The molecule has 1 amide bonds. The lowest BCUT2D eigenvalue weighted by atomic mass is 9.85. The van der Waals surface area contributed by atoms with E-state index in [2.05, 4.69) is 10.4 Å². The molecule has 0 aromatic carbocycles. The van der Waals surface area contributed by atoms with Crippen molar-refractivity contribution in [2.45, 2.75) is 37.8 Å². The summed E-state index contributed by atoms with van der Waals surface area (Å²) in [4.78, 5) is 23.5. The zero-order valence-electron chi connectivity index (χ0n) is 11.5. The number of carbonyl (C=O) groups is 2. The fourth-order valence-electron chi connectivity index (χ4n) is 2.60. The molecule has 1 aliphatic carbocycles. The lowest BCUT2D eigenvalue weighted by Gasteiger charge is -2.26. The van der Waals surface area contributed by atoms with Crippen LogP contribution in [0.3, 0.4) is 0 Å². The SMILES string of the molecule is Cn1cc(C(NC(=O)C2CCCC(N)C2)C(=O)O)cn1. The summed E-state index contributed by atoms with van der Waals surface area (Å²) >= 11 is 0. The zero-order chi connectivity index (χ0) is 14.7. The molecule has 1 fully saturated rings. The van der Waals surface area contributed by atoms with Gasteiger partial charge in [-0.05, 0) is 19.3 Å². The Bertz CT molecular complexity index is 500. The second-order valence-electron chi connectivity index (χ2n) is 5.35. The maximum Gasteiger partial charge on any atom is 0.331 e. The molecule has 0 saturated heterocycles. The van der Waals surface area contributed by atoms with E-state index in [1.807, 2.05) is 0 Å². The molecule has 0 radical (unpaired) electrons. The summed E-state index contributed by atoms with van der Waals surface area (Å²) in [5, 5.41) is 15.8. The summed E-state index contributed by atoms with van der Waals surface area (Å²) in [6.45, 7) is 0. The lowest BCUT2D eigenvalue weighted by Crippen LogP contribution is -2.41. The highest BCUT2D eigenvalue weighted by molar-refractivity contribution is 5.85. The van der Waals surface area contributed by atoms with E-state index in [1.165, 1.54) is 10.9 Å². The van der Waals surface area contributed by atoms with Gasteiger partial charge in [0.25, 0.3) is 0 Å². The Morgan fingerprint density at radius 1 is 1.55 bits per heavy atom. The summed E-state index contributed by atoms with van der Waals surface area (Å²) in [7, 11) is 1.70. The molecule has 3 unspecified atom stereocenters. The van der Waals surface area contributed by atoms with Crippen LogP contribution in [0, 0.1) is 5.92 Å². The number of rotatable bonds is 4. The molecule has 1 aromatic rings. The number of nitrogens with two attached hydrogens (primary N) is 1. The fraction of sp³-hybridized carbons (Fsp3) is 0.615. The third-order valence-corrected chi connectivity index (χ3v) is 3.68. The number of hydrogen-bond donors (Lipinski definition) is 3. The number of carbonyl (C=O) groups excluding carboxylic acids is 1. The van der Waals surface area contributed by atoms with Gasteiger partial charge in [0.2, 0.25) is 5.91 Å². The molecular weight excluding hydrogens is 260 g/mol. The van der Waals surface area contributed by atoms with Crippen LogP contribution in [-0.2, 0) is 16.6 Å². The van der Waals surface area contributed by atoms with Crippen molar-refractivity contribution in [3.63, 3.8) is 0 Å². The number of hydrogen-bond acceptors (Lipinski definition) is 4. The van der Waals surface area contributed by atoms with Crippen LogP contribution >= 0.6 is 0 Å². The summed E-state index contributed by atoms with van der Waals surface area (Å²) in [6.07, 6.45) is 6.25. The average molecular weight is 280 g/mol. The smallest absolute Gasteiger partial charge is 0.331 e. The number of carboxylic acid groups (broad SMARTS) is 1. The first-order valence-electron chi connectivity index (χ1n) is 6.74. The maximum atomic E-state index is 12.2. The molecule has 2 rings (SSSR count). The molecule has 1 saturated carbocycles. The van der Waals surface area contributed by atoms with Crippen LogP contribution in [0.15, 0.2) is 12.4 Å². The molecule has 1 aliphatic rings. The van der Waals surface area contributed by atoms with Crippen LogP contribution < -0.4 is 11.1 Å². The van der Waals surface area contributed by atoms with Gasteiger partial charge >= 0.3 is 5.97 Å². The Hall–Kier alpha value is -1.89. The van der Waals surface area contributed by atoms with Gasteiger partial charge < -0.3 is 16.2 Å². The molecular formula is C13H20N4O3. The summed E-state index contributed by atoms with van der Waals surface area (Å²) in [5.41, 5.74) is 6.32. The van der Waals surface area contributed by atoms with Crippen LogP contribution in [0.4, 0.5) is 0 Å². The standard InChI is InChI=1S/C13H20N4O3/c1-17-7-9(6-15-17)11(13(19)20)16-12(18)8-3-2-4-10(14)5-8/h6-8,10-11H,2-5,14H2,1H3,(H,16,18)(H,19,20). The van der Waals surface area contributed by atoms with Crippen LogP contribution in [0.25, 0.3) is 0 Å². The largest absolute Gasteiger partial charge is 0.479 e. The highest BCUT2D eigenvalue weighted by atomic mass is 16.4. The molecule has 1 aromatic heterocycles. The van der Waals surface area contributed by atoms with E-state index in [4.69, 9.17) is 5.73 Å². The van der Waals surface area contributed by atoms with Gasteiger partial charge in [-0.25, -0.2) is 4.79 Å². The van der Waals surface area contributed by atoms with Crippen molar-refractivity contribution < 1.29 is 14.7 Å². The molecule has 0 aliphatic heterocycles. The van der Waals surface area contributed by atoms with Crippen molar-refractivity contribution in [3.8, 4) is 0 Å². The summed E-state index contributed by atoms with van der Waals surface area (Å²) in [5.74, 6) is -1.53. The molecule has 4 N–H and O–H groups in total. The van der Waals surface area contributed by atoms with Gasteiger partial charge in [0, 0.05) is 30.8 Å². The van der Waals surface area contributed by atoms with E-state index >= 15 is 0 Å². The van der Waals surface area contributed by atoms with Crippen molar-refractivity contribution >= 4 is 11.9 Å². The molecule has 7 heteroatoms. The Balaban J connectivity index is 2.04. The van der Waals surface area contributed by atoms with E-state index in [1.54, 1.807) is 13.2 Å². The highest BCUT2D eigenvalue weighted by Gasteiger charge is 2.30. The molecule has 1 heterocycles. The number of amides is 1. The van der Waals surface area contributed by atoms with E-state index in [-0.39, 0.29) is 17.9 Å². The Morgan fingerprint density at radius 3 is 2.85 bits per heavy atom. The van der Waals surface area contributed by atoms with Crippen LogP contribution in [-0.4, -0.2) is 32.8 Å². The number of aryl methyl sites for hydroxylation is 1. The van der Waals surface area contributed by atoms with E-state index in [0.717, 1.165) is 19.3 Å². The van der Waals surface area contributed by atoms with Crippen molar-refractivity contribution in [2.75, 3.05) is 0 Å². The first-order chi connectivity index (χ1) is 9.47. The van der Waals surface area contributed by atoms with Crippen molar-refractivity contribution in [2.24, 2.45) is 18.7 Å². The van der Waals surface area contributed by atoms with Gasteiger partial charge in [0.1, 0.15) is 0 Å². The number of aromatic nitrogens is 2. The number of aliphatic carboxylic acids is 1. The van der Waals surface area contributed by atoms with E-state index in [0.29, 0.717) is 12.0 Å². The zero-order valence-corrected chi connectivity index (χ0v) is 11.5. The second-order valence-corrected chi connectivity index (χ2v) is 5.35. The second kappa shape index (κ2) is 6.04. The normalized spacial score (nSPS) is 24.1. The van der Waals surface area contributed by atoms with Gasteiger partial charge in [-0.15, -0.1) is 0 Å². The van der Waals surface area contributed by atoms with Crippen molar-refractivity contribution in [1.29, 1.82) is 0 Å². The molecule has 0 spiro atoms. The topological polar surface area (TPSA) is 110 Å². The molecule has 7 nitrogen and oxygen atoms in total. The highest BCUT2D eigenvalue weighted by Crippen LogP contribution is 2.24. The third-order valence-electron chi connectivity index (χ3n) is 3.68. The summed E-state index contributed by atoms with van der Waals surface area (Å²) < 4.78 is 1.51. The predicted molar refractivity (Wildman–Crippen MR) is 71.7 cm³/mol. The molecule has 20 heavy (non-hydrogen) atoms. The van der Waals surface area contributed by atoms with E-state index < -0.39 is 12.0 Å². The van der Waals surface area contributed by atoms with Crippen LogP contribution in [0.5, 0.6) is 0 Å². The minimum atomic E-state index is -1.09. The minimum Gasteiger partial charge on any atom is -0.479 e. The Morgan fingerprint density at radius 2 is 2.30 bits per heavy atom. The quantitative estimate of drug-likeness (QED) is 0.728. The van der Waals surface area contributed by atoms with Crippen molar-refractivity contribution in [1.82, 2.24) is 15.1 Å². The minimum absolute atomic E-state index is 0.0289. The fourth-order valence-corrected chi connectivity index (χ4v) is 2.60. The Labute approximate surface area is 117 Å². The maximum absolute atomic E-state index is 12.2. The van der Waals surface area contributed by atoms with Gasteiger partial charge in [0.05, 0.1) is 6.20 Å². The Kier molecular flexibility index (Phi) is 4.39. The molecule has 0 bridgehead atoms. The first kappa shape index (κ1) is 14.5. The van der Waals surface area contributed by atoms with Crippen LogP contribution in [0.1, 0.15) is 37.3 Å². The third kappa shape index (κ3) is 3.36.